The number of carboxylic acid groups (broad SMARTS) is 1. The predicted molar refractivity (Wildman–Crippen MR) is 56.7 cm³/mol. The van der Waals surface area contributed by atoms with Gasteiger partial charge in [-0.3, -0.25) is 9.59 Å². The van der Waals surface area contributed by atoms with Crippen molar-refractivity contribution in [3.63, 3.8) is 0 Å². The second kappa shape index (κ2) is 5.41. The first-order valence-electron chi connectivity index (χ1n) is 5.46. The number of nitrogens with zero attached hydrogens (tertiary/aromatic N) is 1. The van der Waals surface area contributed by atoms with Crippen LogP contribution in [0.4, 0.5) is 13.2 Å². The molecule has 7 heteroatoms. The topological polar surface area (TPSA) is 57.6 Å². The summed E-state index contributed by atoms with van der Waals surface area (Å²) >= 11 is 0. The number of piperidine rings is 1. The molecule has 0 bridgehead atoms. The second-order valence-corrected chi connectivity index (χ2v) is 4.30. The number of carbonyl (C=O) groups excluding carboxylic acids is 1. The molecule has 18 heavy (non-hydrogen) atoms. The Balaban J connectivity index is 2.69. The summed E-state index contributed by atoms with van der Waals surface area (Å²) in [6, 6.07) is 0. The molecule has 2 atom stereocenters. The van der Waals surface area contributed by atoms with Crippen LogP contribution >= 0.6 is 0 Å². The maximum Gasteiger partial charge on any atom is 0.471 e. The van der Waals surface area contributed by atoms with Gasteiger partial charge < -0.3 is 10.0 Å². The lowest BCUT2D eigenvalue weighted by Crippen LogP contribution is -2.48. The third kappa shape index (κ3) is 3.48. The van der Waals surface area contributed by atoms with Gasteiger partial charge in [0, 0.05) is 19.5 Å². The van der Waals surface area contributed by atoms with E-state index in [-0.39, 0.29) is 31.8 Å². The quantitative estimate of drug-likeness (QED) is 0.790. The summed E-state index contributed by atoms with van der Waals surface area (Å²) in [5.41, 5.74) is 0. The van der Waals surface area contributed by atoms with Crippen LogP contribution in [0.2, 0.25) is 0 Å². The highest BCUT2D eigenvalue weighted by Gasteiger charge is 2.44. The zero-order chi connectivity index (χ0) is 13.9. The van der Waals surface area contributed by atoms with Crippen molar-refractivity contribution in [3.8, 4) is 0 Å². The van der Waals surface area contributed by atoms with Crippen molar-refractivity contribution in [2.24, 2.45) is 11.8 Å². The van der Waals surface area contributed by atoms with Gasteiger partial charge in [-0.25, -0.2) is 0 Å². The molecular weight excluding hydrogens is 251 g/mol. The molecular formula is C11H14F3NO3. The number of hydrogen-bond donors (Lipinski definition) is 1. The Morgan fingerprint density at radius 3 is 2.50 bits per heavy atom. The Bertz CT molecular complexity index is 354. The van der Waals surface area contributed by atoms with Crippen molar-refractivity contribution >= 4 is 11.9 Å². The molecule has 1 amide bonds. The van der Waals surface area contributed by atoms with Crippen LogP contribution in [0.5, 0.6) is 0 Å². The van der Waals surface area contributed by atoms with E-state index < -0.39 is 24.0 Å². The van der Waals surface area contributed by atoms with E-state index >= 15 is 0 Å². The van der Waals surface area contributed by atoms with Crippen molar-refractivity contribution in [1.82, 2.24) is 4.90 Å². The summed E-state index contributed by atoms with van der Waals surface area (Å²) < 4.78 is 36.8. The molecule has 0 aromatic heterocycles. The highest BCUT2D eigenvalue weighted by atomic mass is 19.4. The van der Waals surface area contributed by atoms with Gasteiger partial charge >= 0.3 is 18.1 Å². The monoisotopic (exact) mass is 265 g/mol. The number of hydrogen-bond acceptors (Lipinski definition) is 2. The van der Waals surface area contributed by atoms with Crippen molar-refractivity contribution in [2.45, 2.75) is 19.0 Å². The molecule has 0 aliphatic carbocycles. The van der Waals surface area contributed by atoms with Gasteiger partial charge in [-0.15, -0.1) is 6.58 Å². The molecule has 1 heterocycles. The highest BCUT2D eigenvalue weighted by molar-refractivity contribution is 5.82. The van der Waals surface area contributed by atoms with Crippen LogP contribution in [0.3, 0.4) is 0 Å². The van der Waals surface area contributed by atoms with Crippen LogP contribution < -0.4 is 0 Å². The fraction of sp³-hybridized carbons (Fsp3) is 0.636. The van der Waals surface area contributed by atoms with Crippen LogP contribution in [0.1, 0.15) is 12.8 Å². The molecule has 102 valence electrons. The average molecular weight is 265 g/mol. The molecule has 0 aromatic carbocycles. The standard InChI is InChI=1S/C11H14F3NO3/c1-2-7-6-15(10(18)11(12,13)14)4-3-8(7)5-9(16)17/h2,7-8H,1,3-6H2,(H,16,17)/t7-,8-/m0/s1. The lowest BCUT2D eigenvalue weighted by atomic mass is 9.83. The number of carboxylic acids is 1. The normalized spacial score (nSPS) is 24.7. The first-order chi connectivity index (χ1) is 8.25. The van der Waals surface area contributed by atoms with Crippen molar-refractivity contribution < 1.29 is 27.9 Å². The number of likely N-dealkylation sites (tertiary alicyclic amines) is 1. The number of alkyl halides is 3. The molecule has 4 nitrogen and oxygen atoms in total. The average Bonchev–Trinajstić information content (AvgIpc) is 2.26. The van der Waals surface area contributed by atoms with Gasteiger partial charge in [0.1, 0.15) is 0 Å². The van der Waals surface area contributed by atoms with Crippen LogP contribution in [0.15, 0.2) is 12.7 Å². The third-order valence-corrected chi connectivity index (χ3v) is 3.08. The largest absolute Gasteiger partial charge is 0.481 e. The van der Waals surface area contributed by atoms with Gasteiger partial charge in [-0.2, -0.15) is 13.2 Å². The first kappa shape index (κ1) is 14.5. The van der Waals surface area contributed by atoms with Crippen LogP contribution in [-0.4, -0.2) is 41.1 Å². The molecule has 1 rings (SSSR count). The molecule has 1 aliphatic rings. The lowest BCUT2D eigenvalue weighted by molar-refractivity contribution is -0.187. The minimum Gasteiger partial charge on any atom is -0.481 e. The smallest absolute Gasteiger partial charge is 0.471 e. The Morgan fingerprint density at radius 1 is 1.44 bits per heavy atom. The summed E-state index contributed by atoms with van der Waals surface area (Å²) in [5, 5.41) is 8.69. The van der Waals surface area contributed by atoms with Gasteiger partial charge in [0.15, 0.2) is 0 Å². The Kier molecular flexibility index (Phi) is 4.37. The third-order valence-electron chi connectivity index (χ3n) is 3.08. The van der Waals surface area contributed by atoms with E-state index in [1.54, 1.807) is 0 Å². The predicted octanol–water partition coefficient (Wildman–Crippen LogP) is 1.67. The molecule has 0 saturated carbocycles. The maximum absolute atomic E-state index is 12.3. The fourth-order valence-electron chi connectivity index (χ4n) is 2.14. The zero-order valence-corrected chi connectivity index (χ0v) is 9.61. The van der Waals surface area contributed by atoms with Crippen molar-refractivity contribution in [1.29, 1.82) is 0 Å². The lowest BCUT2D eigenvalue weighted by Gasteiger charge is -2.36. The molecule has 0 radical (unpaired) electrons. The summed E-state index contributed by atoms with van der Waals surface area (Å²) in [5.74, 6) is -3.55. The van der Waals surface area contributed by atoms with E-state index in [1.807, 2.05) is 0 Å². The van der Waals surface area contributed by atoms with E-state index in [0.717, 1.165) is 0 Å². The Morgan fingerprint density at radius 2 is 2.06 bits per heavy atom. The van der Waals surface area contributed by atoms with Gasteiger partial charge in [-0.1, -0.05) is 6.08 Å². The molecule has 1 N–H and O–H groups in total. The van der Waals surface area contributed by atoms with Crippen molar-refractivity contribution in [3.05, 3.63) is 12.7 Å². The minimum absolute atomic E-state index is 0.0688. The summed E-state index contributed by atoms with van der Waals surface area (Å²) in [7, 11) is 0. The first-order valence-corrected chi connectivity index (χ1v) is 5.46. The summed E-state index contributed by atoms with van der Waals surface area (Å²) in [6.07, 6.45) is -3.34. The van der Waals surface area contributed by atoms with E-state index in [1.165, 1.54) is 6.08 Å². The Labute approximate surface area is 102 Å². The second-order valence-electron chi connectivity index (χ2n) is 4.30. The molecule has 0 aromatic rings. The van der Waals surface area contributed by atoms with Gasteiger partial charge in [0.2, 0.25) is 0 Å². The molecule has 1 aliphatic heterocycles. The molecule has 1 fully saturated rings. The number of halogens is 3. The van der Waals surface area contributed by atoms with E-state index in [2.05, 4.69) is 6.58 Å². The highest BCUT2D eigenvalue weighted by Crippen LogP contribution is 2.30. The minimum atomic E-state index is -4.88. The van der Waals surface area contributed by atoms with E-state index in [9.17, 15) is 22.8 Å². The molecule has 1 saturated heterocycles. The van der Waals surface area contributed by atoms with Gasteiger partial charge in [0.25, 0.3) is 0 Å². The number of aliphatic carboxylic acids is 1. The molecule has 0 unspecified atom stereocenters. The number of amides is 1. The van der Waals surface area contributed by atoms with E-state index in [4.69, 9.17) is 5.11 Å². The SMILES string of the molecule is C=C[C@H]1CN(C(=O)C(F)(F)F)CC[C@H]1CC(=O)O. The maximum atomic E-state index is 12.3. The number of rotatable bonds is 3. The van der Waals surface area contributed by atoms with Gasteiger partial charge in [-0.05, 0) is 18.3 Å². The zero-order valence-electron chi connectivity index (χ0n) is 9.61. The Hall–Kier alpha value is -1.53. The summed E-state index contributed by atoms with van der Waals surface area (Å²) in [6.45, 7) is 3.29. The van der Waals surface area contributed by atoms with Crippen LogP contribution in [-0.2, 0) is 9.59 Å². The fourth-order valence-corrected chi connectivity index (χ4v) is 2.14. The van der Waals surface area contributed by atoms with Crippen molar-refractivity contribution in [2.75, 3.05) is 13.1 Å². The number of carbonyl (C=O) groups is 2. The summed E-state index contributed by atoms with van der Waals surface area (Å²) in [4.78, 5) is 22.4. The van der Waals surface area contributed by atoms with Crippen LogP contribution in [0, 0.1) is 11.8 Å². The van der Waals surface area contributed by atoms with E-state index in [0.29, 0.717) is 4.90 Å². The van der Waals surface area contributed by atoms with Gasteiger partial charge in [0.05, 0.1) is 0 Å². The van der Waals surface area contributed by atoms with Crippen LogP contribution in [0.25, 0.3) is 0 Å². The molecule has 0 spiro atoms.